The van der Waals surface area contributed by atoms with Crippen molar-refractivity contribution in [2.75, 3.05) is 11.9 Å². The highest BCUT2D eigenvalue weighted by Gasteiger charge is 2.11. The van der Waals surface area contributed by atoms with Crippen molar-refractivity contribution in [2.45, 2.75) is 32.6 Å². The lowest BCUT2D eigenvalue weighted by molar-refractivity contribution is -0.116. The molecule has 0 unspecified atom stereocenters. The molecule has 0 saturated heterocycles. The third-order valence-electron chi connectivity index (χ3n) is 3.80. The monoisotopic (exact) mass is 330 g/mol. The zero-order valence-corrected chi connectivity index (χ0v) is 14.3. The van der Waals surface area contributed by atoms with Gasteiger partial charge in [0.15, 0.2) is 0 Å². The molecular formula is C18H22N2O2S. The van der Waals surface area contributed by atoms with Gasteiger partial charge in [0.1, 0.15) is 0 Å². The van der Waals surface area contributed by atoms with Crippen molar-refractivity contribution < 1.29 is 9.59 Å². The quantitative estimate of drug-likeness (QED) is 0.805. The first-order chi connectivity index (χ1) is 11.1. The fourth-order valence-corrected chi connectivity index (χ4v) is 2.89. The highest BCUT2D eigenvalue weighted by atomic mass is 32.1. The van der Waals surface area contributed by atoms with Gasteiger partial charge in [0.05, 0.1) is 0 Å². The first-order valence-electron chi connectivity index (χ1n) is 7.81. The van der Waals surface area contributed by atoms with Crippen LogP contribution in [0.4, 0.5) is 5.69 Å². The summed E-state index contributed by atoms with van der Waals surface area (Å²) >= 11 is 1.48. The van der Waals surface area contributed by atoms with Crippen LogP contribution in [0, 0.1) is 0 Å². The van der Waals surface area contributed by atoms with Crippen LogP contribution in [0.2, 0.25) is 0 Å². The molecule has 2 rings (SSSR count). The molecule has 1 aromatic carbocycles. The van der Waals surface area contributed by atoms with E-state index in [1.165, 1.54) is 11.3 Å². The summed E-state index contributed by atoms with van der Waals surface area (Å²) in [4.78, 5) is 23.9. The second-order valence-electron chi connectivity index (χ2n) is 5.46. The molecule has 0 aliphatic rings. The predicted molar refractivity (Wildman–Crippen MR) is 95.0 cm³/mol. The molecule has 2 amide bonds. The second kappa shape index (κ2) is 8.48. The molecule has 1 atom stereocenters. The van der Waals surface area contributed by atoms with Crippen molar-refractivity contribution in [3.8, 4) is 0 Å². The minimum absolute atomic E-state index is 0.0913. The standard InChI is InChI=1S/C18H22N2O2S/c1-3-13(2)15-6-4-5-7-16(15)20-17(21)8-10-19-18(22)14-9-11-23-12-14/h4-7,9,11-13H,3,8,10H2,1-2H3,(H,19,22)(H,20,21)/t13-/m0/s1. The van der Waals surface area contributed by atoms with E-state index in [1.807, 2.05) is 29.6 Å². The number of anilines is 1. The number of benzene rings is 1. The van der Waals surface area contributed by atoms with E-state index in [-0.39, 0.29) is 18.2 Å². The van der Waals surface area contributed by atoms with Crippen molar-refractivity contribution in [1.29, 1.82) is 0 Å². The molecule has 1 aromatic heterocycles. The normalized spacial score (nSPS) is 11.7. The van der Waals surface area contributed by atoms with Crippen LogP contribution >= 0.6 is 11.3 Å². The summed E-state index contributed by atoms with van der Waals surface area (Å²) in [6.07, 6.45) is 1.27. The zero-order chi connectivity index (χ0) is 16.7. The van der Waals surface area contributed by atoms with Gasteiger partial charge in [-0.25, -0.2) is 0 Å². The number of hydrogen-bond donors (Lipinski definition) is 2. The Labute approximate surface area is 140 Å². The molecule has 0 spiro atoms. The lowest BCUT2D eigenvalue weighted by atomic mass is 9.97. The van der Waals surface area contributed by atoms with Crippen LogP contribution in [0.3, 0.4) is 0 Å². The fourth-order valence-electron chi connectivity index (χ4n) is 2.26. The Bertz CT molecular complexity index is 653. The van der Waals surface area contributed by atoms with E-state index in [2.05, 4.69) is 24.5 Å². The summed E-state index contributed by atoms with van der Waals surface area (Å²) in [5.41, 5.74) is 2.64. The van der Waals surface area contributed by atoms with Crippen molar-refractivity contribution in [2.24, 2.45) is 0 Å². The van der Waals surface area contributed by atoms with Crippen molar-refractivity contribution >= 4 is 28.8 Å². The number of rotatable bonds is 7. The van der Waals surface area contributed by atoms with Crippen molar-refractivity contribution in [3.05, 3.63) is 52.2 Å². The van der Waals surface area contributed by atoms with Crippen molar-refractivity contribution in [3.63, 3.8) is 0 Å². The van der Waals surface area contributed by atoms with Gasteiger partial charge in [-0.1, -0.05) is 32.0 Å². The van der Waals surface area contributed by atoms with E-state index in [4.69, 9.17) is 0 Å². The van der Waals surface area contributed by atoms with Gasteiger partial charge in [0.25, 0.3) is 5.91 Å². The van der Waals surface area contributed by atoms with Gasteiger partial charge in [0.2, 0.25) is 5.91 Å². The molecule has 122 valence electrons. The molecule has 23 heavy (non-hydrogen) atoms. The minimum atomic E-state index is -0.140. The van der Waals surface area contributed by atoms with Gasteiger partial charge >= 0.3 is 0 Å². The largest absolute Gasteiger partial charge is 0.351 e. The highest BCUT2D eigenvalue weighted by molar-refractivity contribution is 7.08. The summed E-state index contributed by atoms with van der Waals surface area (Å²) in [7, 11) is 0. The lowest BCUT2D eigenvalue weighted by Crippen LogP contribution is -2.27. The van der Waals surface area contributed by atoms with E-state index in [0.29, 0.717) is 18.0 Å². The fraction of sp³-hybridized carbons (Fsp3) is 0.333. The summed E-state index contributed by atoms with van der Waals surface area (Å²) in [6.45, 7) is 4.60. The lowest BCUT2D eigenvalue weighted by Gasteiger charge is -2.15. The van der Waals surface area contributed by atoms with E-state index >= 15 is 0 Å². The number of nitrogens with one attached hydrogen (secondary N) is 2. The molecule has 2 N–H and O–H groups in total. The molecule has 0 fully saturated rings. The van der Waals surface area contributed by atoms with E-state index < -0.39 is 0 Å². The number of thiophene rings is 1. The topological polar surface area (TPSA) is 58.2 Å². The van der Waals surface area contributed by atoms with Gasteiger partial charge in [-0.2, -0.15) is 11.3 Å². The second-order valence-corrected chi connectivity index (χ2v) is 6.24. The Morgan fingerprint density at radius 2 is 2.00 bits per heavy atom. The van der Waals surface area contributed by atoms with Gasteiger partial charge < -0.3 is 10.6 Å². The predicted octanol–water partition coefficient (Wildman–Crippen LogP) is 4.02. The number of carbonyl (C=O) groups excluding carboxylic acids is 2. The van der Waals surface area contributed by atoms with Gasteiger partial charge in [-0.05, 0) is 35.4 Å². The van der Waals surface area contributed by atoms with Crippen LogP contribution in [-0.4, -0.2) is 18.4 Å². The SMILES string of the molecule is CC[C@H](C)c1ccccc1NC(=O)CCNC(=O)c1ccsc1. The summed E-state index contributed by atoms with van der Waals surface area (Å²) in [6, 6.07) is 9.63. The summed E-state index contributed by atoms with van der Waals surface area (Å²) in [5, 5.41) is 9.35. The van der Waals surface area contributed by atoms with E-state index in [0.717, 1.165) is 17.7 Å². The molecule has 0 saturated carbocycles. The molecule has 4 nitrogen and oxygen atoms in total. The molecule has 0 bridgehead atoms. The van der Waals surface area contributed by atoms with Crippen LogP contribution < -0.4 is 10.6 Å². The molecule has 2 aromatic rings. The Kier molecular flexibility index (Phi) is 6.35. The Morgan fingerprint density at radius 1 is 1.22 bits per heavy atom. The molecular weight excluding hydrogens is 308 g/mol. The minimum Gasteiger partial charge on any atom is -0.351 e. The van der Waals surface area contributed by atoms with Gasteiger partial charge in [-0.3, -0.25) is 9.59 Å². The average molecular weight is 330 g/mol. The molecule has 0 aliphatic carbocycles. The Balaban J connectivity index is 1.84. The maximum absolute atomic E-state index is 12.1. The number of hydrogen-bond acceptors (Lipinski definition) is 3. The number of amides is 2. The smallest absolute Gasteiger partial charge is 0.252 e. The molecule has 0 radical (unpaired) electrons. The van der Waals surface area contributed by atoms with Crippen LogP contribution in [-0.2, 0) is 4.79 Å². The average Bonchev–Trinajstić information content (AvgIpc) is 3.09. The maximum atomic E-state index is 12.1. The molecule has 0 aliphatic heterocycles. The first kappa shape index (κ1) is 17.2. The van der Waals surface area contributed by atoms with E-state index in [1.54, 1.807) is 11.4 Å². The zero-order valence-electron chi connectivity index (χ0n) is 13.5. The first-order valence-corrected chi connectivity index (χ1v) is 8.75. The van der Waals surface area contributed by atoms with E-state index in [9.17, 15) is 9.59 Å². The third kappa shape index (κ3) is 4.93. The third-order valence-corrected chi connectivity index (χ3v) is 4.48. The van der Waals surface area contributed by atoms with Crippen LogP contribution in [0.25, 0.3) is 0 Å². The van der Waals surface area contributed by atoms with Crippen molar-refractivity contribution in [1.82, 2.24) is 5.32 Å². The van der Waals surface area contributed by atoms with Crippen LogP contribution in [0.15, 0.2) is 41.1 Å². The highest BCUT2D eigenvalue weighted by Crippen LogP contribution is 2.26. The van der Waals surface area contributed by atoms with Gasteiger partial charge in [-0.15, -0.1) is 0 Å². The number of para-hydroxylation sites is 1. The summed E-state index contributed by atoms with van der Waals surface area (Å²) in [5.74, 6) is 0.162. The molecule has 1 heterocycles. The summed E-state index contributed by atoms with van der Waals surface area (Å²) < 4.78 is 0. The maximum Gasteiger partial charge on any atom is 0.252 e. The van der Waals surface area contributed by atoms with Gasteiger partial charge in [0, 0.05) is 29.6 Å². The van der Waals surface area contributed by atoms with Crippen LogP contribution in [0.5, 0.6) is 0 Å². The molecule has 5 heteroatoms. The number of carbonyl (C=O) groups is 2. The Hall–Kier alpha value is -2.14. The van der Waals surface area contributed by atoms with Crippen LogP contribution in [0.1, 0.15) is 48.5 Å². The Morgan fingerprint density at radius 3 is 2.70 bits per heavy atom.